The van der Waals surface area contributed by atoms with Gasteiger partial charge in [-0.1, -0.05) is 18.2 Å². The Labute approximate surface area is 125 Å². The van der Waals surface area contributed by atoms with Crippen molar-refractivity contribution in [3.05, 3.63) is 35.9 Å². The van der Waals surface area contributed by atoms with Crippen molar-refractivity contribution >= 4 is 11.5 Å². The number of aliphatic hydroxyl groups is 1. The highest BCUT2D eigenvalue weighted by atomic mass is 19.4. The fourth-order valence-electron chi connectivity index (χ4n) is 2.18. The lowest BCUT2D eigenvalue weighted by Gasteiger charge is -2.30. The largest absolute Gasteiger partial charge is 0.489 e. The van der Waals surface area contributed by atoms with Crippen molar-refractivity contribution in [1.82, 2.24) is 0 Å². The summed E-state index contributed by atoms with van der Waals surface area (Å²) in [4.78, 5) is 11.6. The second-order valence-electron chi connectivity index (χ2n) is 4.79. The summed E-state index contributed by atoms with van der Waals surface area (Å²) in [7, 11) is 0. The molecule has 0 bridgehead atoms. The average Bonchev–Trinajstić information content (AvgIpc) is 2.46. The second-order valence-corrected chi connectivity index (χ2v) is 4.79. The normalized spacial score (nSPS) is 16.9. The number of benzene rings is 1. The quantitative estimate of drug-likeness (QED) is 0.868. The van der Waals surface area contributed by atoms with Crippen molar-refractivity contribution in [2.45, 2.75) is 25.1 Å². The zero-order valence-electron chi connectivity index (χ0n) is 11.8. The van der Waals surface area contributed by atoms with Gasteiger partial charge in [0.15, 0.2) is 0 Å². The summed E-state index contributed by atoms with van der Waals surface area (Å²) in [5.74, 6) is -1.29. The number of rotatable bonds is 4. The van der Waals surface area contributed by atoms with Crippen molar-refractivity contribution in [3.63, 3.8) is 0 Å². The molecular formula is C15H15F3O4. The Kier molecular flexibility index (Phi) is 4.46. The number of carbonyl (C=O) groups excluding carboxylic acids is 1. The number of ether oxygens (including phenoxy) is 2. The van der Waals surface area contributed by atoms with Gasteiger partial charge in [0.2, 0.25) is 0 Å². The highest BCUT2D eigenvalue weighted by Crippen LogP contribution is 2.41. The van der Waals surface area contributed by atoms with Crippen molar-refractivity contribution in [3.8, 4) is 5.75 Å². The predicted octanol–water partition coefficient (Wildman–Crippen LogP) is 2.71. The van der Waals surface area contributed by atoms with Crippen LogP contribution in [0.3, 0.4) is 0 Å². The van der Waals surface area contributed by atoms with Crippen LogP contribution in [0.5, 0.6) is 5.75 Å². The van der Waals surface area contributed by atoms with E-state index in [1.807, 2.05) is 0 Å². The maximum absolute atomic E-state index is 13.2. The topological polar surface area (TPSA) is 55.8 Å². The molecule has 0 aromatic heterocycles. The first-order valence-electron chi connectivity index (χ1n) is 6.67. The fraction of sp³-hybridized carbons (Fsp3) is 0.400. The maximum Gasteiger partial charge on any atom is 0.428 e. The van der Waals surface area contributed by atoms with Crippen LogP contribution < -0.4 is 4.74 Å². The SMILES string of the molecule is CCOC(=O)C(O)(CC1=CCOc2ccccc21)C(F)(F)F. The predicted molar refractivity (Wildman–Crippen MR) is 72.2 cm³/mol. The summed E-state index contributed by atoms with van der Waals surface area (Å²) in [6, 6.07) is 6.50. The lowest BCUT2D eigenvalue weighted by Crippen LogP contribution is -2.53. The minimum Gasteiger partial charge on any atom is -0.489 e. The molecule has 1 N–H and O–H groups in total. The molecular weight excluding hydrogens is 301 g/mol. The standard InChI is InChI=1S/C15H15F3O4/c1-2-21-13(19)14(20,15(16,17)18)9-10-7-8-22-12-6-4-3-5-11(10)12/h3-7,20H,2,8-9H2,1H3. The first kappa shape index (κ1) is 16.4. The van der Waals surface area contributed by atoms with Crippen LogP contribution >= 0.6 is 0 Å². The van der Waals surface area contributed by atoms with Gasteiger partial charge < -0.3 is 14.6 Å². The van der Waals surface area contributed by atoms with Crippen LogP contribution in [-0.2, 0) is 9.53 Å². The van der Waals surface area contributed by atoms with Gasteiger partial charge in [-0.25, -0.2) is 4.79 Å². The first-order chi connectivity index (χ1) is 10.3. The van der Waals surface area contributed by atoms with Crippen LogP contribution in [-0.4, -0.2) is 36.1 Å². The molecule has 1 heterocycles. The summed E-state index contributed by atoms with van der Waals surface area (Å²) < 4.78 is 49.3. The van der Waals surface area contributed by atoms with Gasteiger partial charge in [0, 0.05) is 12.0 Å². The van der Waals surface area contributed by atoms with E-state index in [2.05, 4.69) is 4.74 Å². The molecule has 0 amide bonds. The summed E-state index contributed by atoms with van der Waals surface area (Å²) in [6.07, 6.45) is -4.65. The summed E-state index contributed by atoms with van der Waals surface area (Å²) in [6.45, 7) is 1.19. The minimum atomic E-state index is -5.15. The lowest BCUT2D eigenvalue weighted by atomic mass is 9.88. The number of esters is 1. The van der Waals surface area contributed by atoms with E-state index in [-0.39, 0.29) is 18.8 Å². The van der Waals surface area contributed by atoms with Gasteiger partial charge >= 0.3 is 12.1 Å². The third kappa shape index (κ3) is 2.94. The van der Waals surface area contributed by atoms with Crippen LogP contribution in [0.4, 0.5) is 13.2 Å². The Morgan fingerprint density at radius 3 is 2.68 bits per heavy atom. The molecule has 22 heavy (non-hydrogen) atoms. The van der Waals surface area contributed by atoms with E-state index in [9.17, 15) is 23.1 Å². The summed E-state index contributed by atoms with van der Waals surface area (Å²) in [5.41, 5.74) is -2.98. The Balaban J connectivity index is 2.36. The summed E-state index contributed by atoms with van der Waals surface area (Å²) in [5, 5.41) is 9.94. The van der Waals surface area contributed by atoms with Crippen LogP contribution in [0.15, 0.2) is 30.3 Å². The average molecular weight is 316 g/mol. The fourth-order valence-corrected chi connectivity index (χ4v) is 2.18. The maximum atomic E-state index is 13.2. The molecule has 0 saturated heterocycles. The Bertz CT molecular complexity index is 595. The van der Waals surface area contributed by atoms with E-state index in [4.69, 9.17) is 4.74 Å². The monoisotopic (exact) mass is 316 g/mol. The van der Waals surface area contributed by atoms with Crippen LogP contribution in [0.1, 0.15) is 18.9 Å². The van der Waals surface area contributed by atoms with E-state index in [0.717, 1.165) is 0 Å². The van der Waals surface area contributed by atoms with E-state index in [1.165, 1.54) is 13.0 Å². The molecule has 1 aromatic carbocycles. The molecule has 7 heteroatoms. The molecule has 4 nitrogen and oxygen atoms in total. The van der Waals surface area contributed by atoms with E-state index >= 15 is 0 Å². The Hall–Kier alpha value is -2.02. The molecule has 0 radical (unpaired) electrons. The highest BCUT2D eigenvalue weighted by Gasteiger charge is 2.61. The van der Waals surface area contributed by atoms with Crippen LogP contribution in [0, 0.1) is 0 Å². The number of para-hydroxylation sites is 1. The van der Waals surface area contributed by atoms with Gasteiger partial charge in [0.05, 0.1) is 6.61 Å². The van der Waals surface area contributed by atoms with E-state index in [0.29, 0.717) is 11.3 Å². The van der Waals surface area contributed by atoms with Gasteiger partial charge in [-0.15, -0.1) is 0 Å². The van der Waals surface area contributed by atoms with Gasteiger partial charge in [-0.2, -0.15) is 13.2 Å². The highest BCUT2D eigenvalue weighted by molar-refractivity contribution is 5.85. The number of alkyl halides is 3. The Morgan fingerprint density at radius 2 is 2.05 bits per heavy atom. The summed E-state index contributed by atoms with van der Waals surface area (Å²) >= 11 is 0. The molecule has 0 aliphatic carbocycles. The molecule has 1 unspecified atom stereocenters. The molecule has 1 atom stereocenters. The van der Waals surface area contributed by atoms with E-state index in [1.54, 1.807) is 24.3 Å². The van der Waals surface area contributed by atoms with Crippen molar-refractivity contribution < 1.29 is 32.5 Å². The van der Waals surface area contributed by atoms with Crippen molar-refractivity contribution in [1.29, 1.82) is 0 Å². The number of fused-ring (bicyclic) bond motifs is 1. The second kappa shape index (κ2) is 6.00. The molecule has 0 fully saturated rings. The Morgan fingerprint density at radius 1 is 1.36 bits per heavy atom. The van der Waals surface area contributed by atoms with Gasteiger partial charge in [0.25, 0.3) is 5.60 Å². The third-order valence-electron chi connectivity index (χ3n) is 3.33. The molecule has 0 saturated carbocycles. The van der Waals surface area contributed by atoms with E-state index < -0.39 is 24.2 Å². The first-order valence-corrected chi connectivity index (χ1v) is 6.67. The van der Waals surface area contributed by atoms with Gasteiger partial charge in [0.1, 0.15) is 12.4 Å². The number of carbonyl (C=O) groups is 1. The molecule has 1 aliphatic rings. The molecule has 1 aromatic rings. The van der Waals surface area contributed by atoms with Crippen molar-refractivity contribution in [2.75, 3.05) is 13.2 Å². The van der Waals surface area contributed by atoms with Gasteiger partial charge in [-0.05, 0) is 24.6 Å². The zero-order valence-corrected chi connectivity index (χ0v) is 11.8. The molecule has 1 aliphatic heterocycles. The van der Waals surface area contributed by atoms with Crippen molar-refractivity contribution in [2.24, 2.45) is 0 Å². The number of hydrogen-bond acceptors (Lipinski definition) is 4. The third-order valence-corrected chi connectivity index (χ3v) is 3.33. The number of hydrogen-bond donors (Lipinski definition) is 1. The molecule has 2 rings (SSSR count). The minimum absolute atomic E-state index is 0.0725. The number of halogens is 3. The zero-order chi connectivity index (χ0) is 16.4. The lowest BCUT2D eigenvalue weighted by molar-refractivity contribution is -0.260. The molecule has 120 valence electrons. The van der Waals surface area contributed by atoms with Crippen LogP contribution in [0.25, 0.3) is 5.57 Å². The van der Waals surface area contributed by atoms with Gasteiger partial charge in [-0.3, -0.25) is 0 Å². The molecule has 0 spiro atoms. The smallest absolute Gasteiger partial charge is 0.428 e. The van der Waals surface area contributed by atoms with Crippen LogP contribution in [0.2, 0.25) is 0 Å².